The van der Waals surface area contributed by atoms with E-state index >= 15 is 0 Å². The summed E-state index contributed by atoms with van der Waals surface area (Å²) in [6.07, 6.45) is 0. The van der Waals surface area contributed by atoms with Gasteiger partial charge in [-0.25, -0.2) is 13.8 Å². The second kappa shape index (κ2) is 9.47. The largest absolute Gasteiger partial charge is 0.357 e. The van der Waals surface area contributed by atoms with Crippen LogP contribution in [0.1, 0.15) is 31.3 Å². The van der Waals surface area contributed by atoms with Crippen molar-refractivity contribution in [1.82, 2.24) is 20.8 Å². The van der Waals surface area contributed by atoms with Gasteiger partial charge in [-0.15, -0.1) is 0 Å². The van der Waals surface area contributed by atoms with Gasteiger partial charge in [-0.1, -0.05) is 35.0 Å². The first-order valence-corrected chi connectivity index (χ1v) is 9.42. The molecule has 1 heterocycles. The summed E-state index contributed by atoms with van der Waals surface area (Å²) in [6.45, 7) is 4.51. The van der Waals surface area contributed by atoms with Crippen LogP contribution >= 0.6 is 11.6 Å². The standard InChI is InChI=1S/C20H20ClF2N5O/c1-3-24-20(26-12(2)13-7-8-16(22)17(23)10-13)25-11-18-27-19(28-29-18)14-5-4-6-15(21)9-14/h4-10,12H,3,11H2,1-2H3,(H2,24,25,26). The maximum absolute atomic E-state index is 13.5. The highest BCUT2D eigenvalue weighted by molar-refractivity contribution is 6.30. The number of halogens is 3. The summed E-state index contributed by atoms with van der Waals surface area (Å²) in [4.78, 5) is 8.74. The van der Waals surface area contributed by atoms with Gasteiger partial charge >= 0.3 is 0 Å². The Hall–Kier alpha value is -3.00. The van der Waals surface area contributed by atoms with Gasteiger partial charge in [0, 0.05) is 17.1 Å². The third-order valence-electron chi connectivity index (χ3n) is 4.06. The number of benzene rings is 2. The summed E-state index contributed by atoms with van der Waals surface area (Å²) in [5, 5.41) is 10.8. The molecule has 0 fully saturated rings. The molecule has 3 aromatic rings. The Bertz CT molecular complexity index is 1010. The lowest BCUT2D eigenvalue weighted by Gasteiger charge is -2.18. The molecular weight excluding hydrogens is 400 g/mol. The molecule has 1 aromatic heterocycles. The fourth-order valence-electron chi connectivity index (χ4n) is 2.60. The van der Waals surface area contributed by atoms with Crippen molar-refractivity contribution in [1.29, 1.82) is 0 Å². The van der Waals surface area contributed by atoms with Crippen molar-refractivity contribution in [3.63, 3.8) is 0 Å². The van der Waals surface area contributed by atoms with Crippen LogP contribution in [0.4, 0.5) is 8.78 Å². The molecule has 0 spiro atoms. The van der Waals surface area contributed by atoms with Crippen LogP contribution in [0.3, 0.4) is 0 Å². The van der Waals surface area contributed by atoms with E-state index in [4.69, 9.17) is 16.1 Å². The molecule has 6 nitrogen and oxygen atoms in total. The van der Waals surface area contributed by atoms with E-state index in [1.807, 2.05) is 19.9 Å². The van der Waals surface area contributed by atoms with Crippen LogP contribution in [0, 0.1) is 11.6 Å². The topological polar surface area (TPSA) is 75.3 Å². The van der Waals surface area contributed by atoms with E-state index in [0.29, 0.717) is 34.8 Å². The summed E-state index contributed by atoms with van der Waals surface area (Å²) < 4.78 is 31.9. The van der Waals surface area contributed by atoms with Gasteiger partial charge in [-0.05, 0) is 43.7 Å². The number of nitrogens with one attached hydrogen (secondary N) is 2. The lowest BCUT2D eigenvalue weighted by Crippen LogP contribution is -2.38. The molecule has 0 radical (unpaired) electrons. The Balaban J connectivity index is 1.70. The fourth-order valence-corrected chi connectivity index (χ4v) is 2.79. The third-order valence-corrected chi connectivity index (χ3v) is 4.30. The minimum Gasteiger partial charge on any atom is -0.357 e. The average Bonchev–Trinajstić information content (AvgIpc) is 3.17. The number of aromatic nitrogens is 2. The van der Waals surface area contributed by atoms with Gasteiger partial charge in [0.25, 0.3) is 0 Å². The van der Waals surface area contributed by atoms with Crippen molar-refractivity contribution >= 4 is 17.6 Å². The predicted octanol–water partition coefficient (Wildman–Crippen LogP) is 4.48. The molecule has 0 bridgehead atoms. The van der Waals surface area contributed by atoms with Crippen LogP contribution in [0.25, 0.3) is 11.4 Å². The van der Waals surface area contributed by atoms with E-state index in [1.54, 1.807) is 18.2 Å². The minimum absolute atomic E-state index is 0.146. The summed E-state index contributed by atoms with van der Waals surface area (Å²) in [5.41, 5.74) is 1.34. The first-order valence-electron chi connectivity index (χ1n) is 9.04. The quantitative estimate of drug-likeness (QED) is 0.455. The fraction of sp³-hybridized carbons (Fsp3) is 0.250. The van der Waals surface area contributed by atoms with Crippen molar-refractivity contribution in [2.45, 2.75) is 26.4 Å². The molecular formula is C20H20ClF2N5O. The Morgan fingerprint density at radius 2 is 2.03 bits per heavy atom. The van der Waals surface area contributed by atoms with Crippen LogP contribution in [0.15, 0.2) is 52.0 Å². The number of hydrogen-bond donors (Lipinski definition) is 2. The molecule has 2 aromatic carbocycles. The number of nitrogens with zero attached hydrogens (tertiary/aromatic N) is 3. The Morgan fingerprint density at radius 1 is 1.21 bits per heavy atom. The maximum Gasteiger partial charge on any atom is 0.248 e. The average molecular weight is 420 g/mol. The van der Waals surface area contributed by atoms with Gasteiger partial charge in [-0.3, -0.25) is 0 Å². The second-order valence-electron chi connectivity index (χ2n) is 6.26. The zero-order valence-electron chi connectivity index (χ0n) is 15.9. The van der Waals surface area contributed by atoms with E-state index in [1.165, 1.54) is 6.07 Å². The lowest BCUT2D eigenvalue weighted by atomic mass is 10.1. The van der Waals surface area contributed by atoms with Crippen molar-refractivity contribution < 1.29 is 13.3 Å². The van der Waals surface area contributed by atoms with Crippen LogP contribution in [-0.4, -0.2) is 22.6 Å². The minimum atomic E-state index is -0.891. The molecule has 0 saturated heterocycles. The summed E-state index contributed by atoms with van der Waals surface area (Å²) in [6, 6.07) is 10.6. The van der Waals surface area contributed by atoms with E-state index in [9.17, 15) is 8.78 Å². The smallest absolute Gasteiger partial charge is 0.248 e. The van der Waals surface area contributed by atoms with E-state index in [2.05, 4.69) is 25.8 Å². The van der Waals surface area contributed by atoms with Gasteiger partial charge in [0.15, 0.2) is 17.6 Å². The summed E-state index contributed by atoms with van der Waals surface area (Å²) in [5.74, 6) is -0.540. The van der Waals surface area contributed by atoms with E-state index in [-0.39, 0.29) is 12.6 Å². The molecule has 2 N–H and O–H groups in total. The van der Waals surface area contributed by atoms with Crippen LogP contribution in [-0.2, 0) is 6.54 Å². The van der Waals surface area contributed by atoms with Crippen molar-refractivity contribution in [3.8, 4) is 11.4 Å². The summed E-state index contributed by atoms with van der Waals surface area (Å²) in [7, 11) is 0. The highest BCUT2D eigenvalue weighted by Gasteiger charge is 2.12. The molecule has 29 heavy (non-hydrogen) atoms. The highest BCUT2D eigenvalue weighted by atomic mass is 35.5. The Morgan fingerprint density at radius 3 is 2.76 bits per heavy atom. The molecule has 0 amide bonds. The SMILES string of the molecule is CCNC(=NCc1nc(-c2cccc(Cl)c2)no1)NC(C)c1ccc(F)c(F)c1. The predicted molar refractivity (Wildman–Crippen MR) is 107 cm³/mol. The van der Waals surface area contributed by atoms with Gasteiger partial charge in [0.2, 0.25) is 11.7 Å². The molecule has 0 saturated carbocycles. The highest BCUT2D eigenvalue weighted by Crippen LogP contribution is 2.20. The monoisotopic (exact) mass is 419 g/mol. The molecule has 0 aliphatic carbocycles. The number of hydrogen-bond acceptors (Lipinski definition) is 4. The first-order chi connectivity index (χ1) is 14.0. The Kier molecular flexibility index (Phi) is 6.77. The van der Waals surface area contributed by atoms with E-state index in [0.717, 1.165) is 17.7 Å². The van der Waals surface area contributed by atoms with Crippen molar-refractivity contribution in [3.05, 3.63) is 70.6 Å². The molecule has 0 aliphatic heterocycles. The molecule has 1 unspecified atom stereocenters. The van der Waals surface area contributed by atoms with Crippen molar-refractivity contribution in [2.24, 2.45) is 4.99 Å². The summed E-state index contributed by atoms with van der Waals surface area (Å²) >= 11 is 5.99. The molecule has 9 heteroatoms. The zero-order valence-corrected chi connectivity index (χ0v) is 16.7. The Labute approximate surface area is 172 Å². The van der Waals surface area contributed by atoms with Crippen LogP contribution < -0.4 is 10.6 Å². The van der Waals surface area contributed by atoms with Gasteiger partial charge < -0.3 is 15.2 Å². The molecule has 152 valence electrons. The number of guanidine groups is 1. The normalized spacial score (nSPS) is 12.7. The second-order valence-corrected chi connectivity index (χ2v) is 6.69. The lowest BCUT2D eigenvalue weighted by molar-refractivity contribution is 0.380. The van der Waals surface area contributed by atoms with Gasteiger partial charge in [-0.2, -0.15) is 4.98 Å². The molecule has 3 rings (SSSR count). The molecule has 1 atom stereocenters. The van der Waals surface area contributed by atoms with Crippen LogP contribution in [0.2, 0.25) is 5.02 Å². The zero-order chi connectivity index (χ0) is 20.8. The van der Waals surface area contributed by atoms with Crippen molar-refractivity contribution in [2.75, 3.05) is 6.54 Å². The van der Waals surface area contributed by atoms with Gasteiger partial charge in [0.05, 0.1) is 6.04 Å². The first kappa shape index (κ1) is 20.7. The number of rotatable bonds is 6. The van der Waals surface area contributed by atoms with Gasteiger partial charge in [0.1, 0.15) is 6.54 Å². The number of aliphatic imine (C=N–C) groups is 1. The van der Waals surface area contributed by atoms with E-state index < -0.39 is 11.6 Å². The third kappa shape index (κ3) is 5.51. The maximum atomic E-state index is 13.5. The molecule has 0 aliphatic rings. The van der Waals surface area contributed by atoms with Crippen LogP contribution in [0.5, 0.6) is 0 Å².